The van der Waals surface area contributed by atoms with Gasteiger partial charge in [0.2, 0.25) is 11.0 Å². The summed E-state index contributed by atoms with van der Waals surface area (Å²) in [7, 11) is 0. The van der Waals surface area contributed by atoms with Crippen LogP contribution >= 0.6 is 27.5 Å². The Kier molecular flexibility index (Phi) is 4.37. The molecule has 26 heavy (non-hydrogen) atoms. The number of furan rings is 2. The van der Waals surface area contributed by atoms with Crippen molar-refractivity contribution in [3.8, 4) is 11.6 Å². The lowest BCUT2D eigenvalue weighted by Crippen LogP contribution is -2.11. The van der Waals surface area contributed by atoms with Crippen molar-refractivity contribution in [1.82, 2.24) is 9.36 Å². The van der Waals surface area contributed by atoms with Gasteiger partial charge in [0.1, 0.15) is 5.58 Å². The fraction of sp³-hybridized carbons (Fsp3) is 0.167. The number of nitrogens with one attached hydrogen (secondary N) is 1. The molecule has 132 valence electrons. The molecule has 6 nitrogen and oxygen atoms in total. The molecule has 0 bridgehead atoms. The van der Waals surface area contributed by atoms with Crippen molar-refractivity contribution >= 4 is 49.5 Å². The molecule has 3 aromatic heterocycles. The zero-order valence-corrected chi connectivity index (χ0v) is 16.4. The second-order valence-corrected chi connectivity index (χ2v) is 7.25. The first kappa shape index (κ1) is 17.0. The van der Waals surface area contributed by atoms with Crippen molar-refractivity contribution in [2.24, 2.45) is 0 Å². The maximum absolute atomic E-state index is 12.6. The zero-order valence-electron chi connectivity index (χ0n) is 14.0. The predicted molar refractivity (Wildman–Crippen MR) is 104 cm³/mol. The van der Waals surface area contributed by atoms with Crippen molar-refractivity contribution in [2.75, 3.05) is 5.32 Å². The molecule has 0 saturated carbocycles. The van der Waals surface area contributed by atoms with Gasteiger partial charge >= 0.3 is 0 Å². The summed E-state index contributed by atoms with van der Waals surface area (Å²) in [6.07, 6.45) is 0.929. The molecule has 0 fully saturated rings. The van der Waals surface area contributed by atoms with E-state index in [1.807, 2.05) is 19.1 Å². The molecule has 4 rings (SSSR count). The number of halogens is 1. The quantitative estimate of drug-likeness (QED) is 0.465. The van der Waals surface area contributed by atoms with Crippen LogP contribution in [0.3, 0.4) is 0 Å². The van der Waals surface area contributed by atoms with E-state index in [4.69, 9.17) is 8.83 Å². The van der Waals surface area contributed by atoms with E-state index in [-0.39, 0.29) is 11.7 Å². The minimum Gasteiger partial charge on any atom is -0.451 e. The van der Waals surface area contributed by atoms with Crippen LogP contribution in [0.5, 0.6) is 0 Å². The Hall–Kier alpha value is -2.45. The minimum absolute atomic E-state index is 0.283. The maximum atomic E-state index is 12.6. The molecule has 0 aliphatic carbocycles. The molecule has 1 aromatic carbocycles. The van der Waals surface area contributed by atoms with Gasteiger partial charge in [-0.15, -0.1) is 0 Å². The summed E-state index contributed by atoms with van der Waals surface area (Å²) >= 11 is 4.33. The van der Waals surface area contributed by atoms with Gasteiger partial charge in [-0.25, -0.2) is 0 Å². The first-order chi connectivity index (χ1) is 12.5. The number of hydrogen-bond donors (Lipinski definition) is 1. The Labute approximate surface area is 161 Å². The summed E-state index contributed by atoms with van der Waals surface area (Å²) in [6, 6.07) is 9.48. The molecule has 0 aliphatic heterocycles. The van der Waals surface area contributed by atoms with Gasteiger partial charge in [-0.05, 0) is 59.1 Å². The van der Waals surface area contributed by atoms with Crippen molar-refractivity contribution in [3.05, 3.63) is 51.9 Å². The van der Waals surface area contributed by atoms with Gasteiger partial charge in [-0.1, -0.05) is 13.0 Å². The average molecular weight is 432 g/mol. The van der Waals surface area contributed by atoms with Gasteiger partial charge in [-0.3, -0.25) is 10.1 Å². The fourth-order valence-electron chi connectivity index (χ4n) is 2.67. The van der Waals surface area contributed by atoms with E-state index in [2.05, 4.69) is 43.6 Å². The van der Waals surface area contributed by atoms with Crippen LogP contribution in [-0.4, -0.2) is 15.3 Å². The van der Waals surface area contributed by atoms with E-state index in [0.29, 0.717) is 27.0 Å². The summed E-state index contributed by atoms with van der Waals surface area (Å²) in [5.41, 5.74) is 2.71. The van der Waals surface area contributed by atoms with E-state index in [9.17, 15) is 4.79 Å². The topological polar surface area (TPSA) is 81.2 Å². The molecule has 0 atom stereocenters. The molecule has 0 unspecified atom stereocenters. The predicted octanol–water partition coefficient (Wildman–Crippen LogP) is 5.43. The zero-order chi connectivity index (χ0) is 18.3. The third kappa shape index (κ3) is 3.06. The van der Waals surface area contributed by atoms with Crippen LogP contribution in [0.25, 0.3) is 22.6 Å². The summed E-state index contributed by atoms with van der Waals surface area (Å²) in [6.45, 7) is 3.97. The molecule has 0 aliphatic rings. The number of benzene rings is 1. The number of hydrogen-bond acceptors (Lipinski definition) is 6. The lowest BCUT2D eigenvalue weighted by molar-refractivity contribution is 0.0998. The number of aryl methyl sites for hydroxylation is 2. The standard InChI is InChI=1S/C18H14BrN3O3S/c1-3-10-4-5-12-11(8-10)9(2)15(25-12)17(23)21-18-20-16(22-26-18)13-6-7-14(19)24-13/h4-8H,3H2,1-2H3,(H,20,21,22,23). The second kappa shape index (κ2) is 6.69. The molecular formula is C18H14BrN3O3S. The highest BCUT2D eigenvalue weighted by molar-refractivity contribution is 9.10. The highest BCUT2D eigenvalue weighted by atomic mass is 79.9. The SMILES string of the molecule is CCc1ccc2oc(C(=O)Nc3nc(-c4ccc(Br)o4)ns3)c(C)c2c1. The highest BCUT2D eigenvalue weighted by Gasteiger charge is 2.20. The lowest BCUT2D eigenvalue weighted by Gasteiger charge is -1.98. The number of carbonyl (C=O) groups is 1. The minimum atomic E-state index is -0.347. The normalized spacial score (nSPS) is 11.2. The number of nitrogens with zero attached hydrogens (tertiary/aromatic N) is 2. The number of amides is 1. The Morgan fingerprint density at radius 1 is 1.27 bits per heavy atom. The molecule has 1 N–H and O–H groups in total. The molecule has 4 aromatic rings. The number of aromatic nitrogens is 2. The molecule has 1 amide bonds. The smallest absolute Gasteiger partial charge is 0.293 e. The van der Waals surface area contributed by atoms with Crippen molar-refractivity contribution in [3.63, 3.8) is 0 Å². The van der Waals surface area contributed by atoms with Gasteiger partial charge in [0.25, 0.3) is 5.91 Å². The third-order valence-electron chi connectivity index (χ3n) is 4.06. The van der Waals surface area contributed by atoms with E-state index in [1.165, 1.54) is 5.56 Å². The number of carbonyl (C=O) groups excluding carboxylic acids is 1. The van der Waals surface area contributed by atoms with Crippen LogP contribution in [0.4, 0.5) is 5.13 Å². The Morgan fingerprint density at radius 2 is 2.12 bits per heavy atom. The molecule has 0 saturated heterocycles. The van der Waals surface area contributed by atoms with Crippen LogP contribution in [0, 0.1) is 6.92 Å². The largest absolute Gasteiger partial charge is 0.451 e. The monoisotopic (exact) mass is 431 g/mol. The molecule has 3 heterocycles. The van der Waals surface area contributed by atoms with Crippen LogP contribution in [0.1, 0.15) is 28.6 Å². The number of fused-ring (bicyclic) bond motifs is 1. The number of anilines is 1. The Bertz CT molecular complexity index is 1110. The first-order valence-electron chi connectivity index (χ1n) is 7.98. The van der Waals surface area contributed by atoms with Crippen molar-refractivity contribution in [1.29, 1.82) is 0 Å². The van der Waals surface area contributed by atoms with E-state index < -0.39 is 0 Å². The summed E-state index contributed by atoms with van der Waals surface area (Å²) < 4.78 is 16.0. The summed E-state index contributed by atoms with van der Waals surface area (Å²) in [4.78, 5) is 16.9. The van der Waals surface area contributed by atoms with Gasteiger partial charge in [0, 0.05) is 22.5 Å². The van der Waals surface area contributed by atoms with Gasteiger partial charge in [-0.2, -0.15) is 9.36 Å². The molecule has 8 heteroatoms. The van der Waals surface area contributed by atoms with E-state index in [1.54, 1.807) is 12.1 Å². The molecule has 0 radical (unpaired) electrons. The van der Waals surface area contributed by atoms with Crippen LogP contribution < -0.4 is 5.32 Å². The molecular weight excluding hydrogens is 418 g/mol. The fourth-order valence-corrected chi connectivity index (χ4v) is 3.54. The van der Waals surface area contributed by atoms with Gasteiger partial charge < -0.3 is 8.83 Å². The summed E-state index contributed by atoms with van der Waals surface area (Å²) in [5, 5.41) is 4.08. The Balaban J connectivity index is 1.59. The van der Waals surface area contributed by atoms with Crippen molar-refractivity contribution < 1.29 is 13.6 Å². The maximum Gasteiger partial charge on any atom is 0.293 e. The first-order valence-corrected chi connectivity index (χ1v) is 9.54. The number of rotatable bonds is 4. The van der Waals surface area contributed by atoms with Crippen LogP contribution in [-0.2, 0) is 6.42 Å². The van der Waals surface area contributed by atoms with Crippen molar-refractivity contribution in [2.45, 2.75) is 20.3 Å². The van der Waals surface area contributed by atoms with Crippen LogP contribution in [0.15, 0.2) is 43.8 Å². The van der Waals surface area contributed by atoms with Crippen LogP contribution in [0.2, 0.25) is 0 Å². The lowest BCUT2D eigenvalue weighted by atomic mass is 10.1. The van der Waals surface area contributed by atoms with Gasteiger partial charge in [0.15, 0.2) is 16.2 Å². The molecule has 0 spiro atoms. The highest BCUT2D eigenvalue weighted by Crippen LogP contribution is 2.29. The van der Waals surface area contributed by atoms with Gasteiger partial charge in [0.05, 0.1) is 0 Å². The second-order valence-electron chi connectivity index (χ2n) is 5.72. The van der Waals surface area contributed by atoms with E-state index >= 15 is 0 Å². The average Bonchev–Trinajstić information content (AvgIpc) is 3.34. The summed E-state index contributed by atoms with van der Waals surface area (Å²) in [5.74, 6) is 0.886. The van der Waals surface area contributed by atoms with E-state index in [0.717, 1.165) is 28.9 Å². The Morgan fingerprint density at radius 3 is 2.85 bits per heavy atom. The third-order valence-corrected chi connectivity index (χ3v) is 5.11.